The molecule has 0 saturated carbocycles. The van der Waals surface area contributed by atoms with Crippen LogP contribution >= 0.6 is 0 Å². The van der Waals surface area contributed by atoms with Crippen LogP contribution in [0.4, 0.5) is 0 Å². The van der Waals surface area contributed by atoms with Gasteiger partial charge in [-0.05, 0) is 0 Å². The maximum Gasteiger partial charge on any atom is 3.00 e. The van der Waals surface area contributed by atoms with Crippen LogP contribution in [-0.2, 0) is 21.7 Å². The van der Waals surface area contributed by atoms with E-state index in [1.54, 1.807) is 28.2 Å². The normalized spacial score (nSPS) is 7.29. The Morgan fingerprint density at radius 2 is 1.07 bits per heavy atom. The van der Waals surface area contributed by atoms with E-state index in [0.29, 0.717) is 0 Å². The Morgan fingerprint density at radius 3 is 1.14 bits per heavy atom. The van der Waals surface area contributed by atoms with Gasteiger partial charge in [0, 0.05) is 0 Å². The summed E-state index contributed by atoms with van der Waals surface area (Å²) in [5.41, 5.74) is 2.72. The molecule has 79 valence electrons. The van der Waals surface area contributed by atoms with Gasteiger partial charge in [-0.3, -0.25) is 0 Å². The predicted molar refractivity (Wildman–Crippen MR) is 61.9 cm³/mol. The molecule has 0 aliphatic heterocycles. The molecule has 0 aliphatic carbocycles. The summed E-state index contributed by atoms with van der Waals surface area (Å²) < 4.78 is 0. The van der Waals surface area contributed by atoms with Crippen molar-refractivity contribution in [3.05, 3.63) is 40.0 Å². The van der Waals surface area contributed by atoms with Crippen LogP contribution in [0.1, 0.15) is 11.1 Å². The van der Waals surface area contributed by atoms with E-state index in [1.807, 2.05) is 0 Å². The first-order valence-corrected chi connectivity index (χ1v) is 4.28. The van der Waals surface area contributed by atoms with Crippen LogP contribution in [0.15, 0.2) is 18.2 Å². The van der Waals surface area contributed by atoms with Gasteiger partial charge in [0.25, 0.3) is 0 Å². The number of rotatable bonds is 0. The van der Waals surface area contributed by atoms with Crippen LogP contribution < -0.4 is 0 Å². The van der Waals surface area contributed by atoms with E-state index in [9.17, 15) is 0 Å². The molecule has 0 saturated heterocycles. The third kappa shape index (κ3) is 17.9. The molecule has 0 amide bonds. The minimum atomic E-state index is 0. The van der Waals surface area contributed by atoms with Crippen molar-refractivity contribution in [2.45, 2.75) is 13.8 Å². The van der Waals surface area contributed by atoms with Crippen molar-refractivity contribution >= 4 is 0 Å². The topological polar surface area (TPSA) is 28.2 Å². The molecule has 1 aromatic carbocycles. The summed E-state index contributed by atoms with van der Waals surface area (Å²) in [6.45, 7) is 4.21. The summed E-state index contributed by atoms with van der Waals surface area (Å²) in [4.78, 5) is 0. The standard InChI is InChI=1S/C7H9.2C2H6N.Ti/c1-6-3-4-7(2)5-6;2*1-3-2;/h3-5H,1-2H3;2*1-2H3;/q3*-1;+3. The second-order valence-electron chi connectivity index (χ2n) is 2.86. The van der Waals surface area contributed by atoms with Gasteiger partial charge in [0.15, 0.2) is 0 Å². The van der Waals surface area contributed by atoms with E-state index in [4.69, 9.17) is 0 Å². The van der Waals surface area contributed by atoms with Gasteiger partial charge in [-0.25, -0.2) is 12.1 Å². The molecule has 14 heavy (non-hydrogen) atoms. The molecule has 0 fully saturated rings. The first-order valence-electron chi connectivity index (χ1n) is 4.28. The van der Waals surface area contributed by atoms with Gasteiger partial charge in [0.2, 0.25) is 0 Å². The summed E-state index contributed by atoms with van der Waals surface area (Å²) in [5, 5.41) is 7.00. The number of hydrogen-bond donors (Lipinski definition) is 0. The van der Waals surface area contributed by atoms with E-state index in [0.717, 1.165) is 0 Å². The zero-order valence-electron chi connectivity index (χ0n) is 10.1. The zero-order chi connectivity index (χ0) is 10.7. The van der Waals surface area contributed by atoms with Crippen molar-refractivity contribution in [3.63, 3.8) is 0 Å². The van der Waals surface area contributed by atoms with Gasteiger partial charge in [0.1, 0.15) is 0 Å². The number of aryl methyl sites for hydroxylation is 2. The maximum absolute atomic E-state index is 3.50. The van der Waals surface area contributed by atoms with Gasteiger partial charge in [-0.1, -0.05) is 13.8 Å². The molecule has 0 atom stereocenters. The van der Waals surface area contributed by atoms with Crippen molar-refractivity contribution < 1.29 is 21.7 Å². The molecular formula is C11H21N2Ti. The van der Waals surface area contributed by atoms with E-state index < -0.39 is 0 Å². The smallest absolute Gasteiger partial charge is 0.668 e. The van der Waals surface area contributed by atoms with Crippen molar-refractivity contribution in [3.8, 4) is 0 Å². The van der Waals surface area contributed by atoms with Gasteiger partial charge < -0.3 is 10.6 Å². The second-order valence-corrected chi connectivity index (χ2v) is 2.86. The Labute approximate surface area is 104 Å². The van der Waals surface area contributed by atoms with Crippen molar-refractivity contribution in [2.75, 3.05) is 28.2 Å². The molecule has 0 heterocycles. The average molecular weight is 229 g/mol. The molecule has 2 nitrogen and oxygen atoms in total. The van der Waals surface area contributed by atoms with Gasteiger partial charge in [-0.15, -0.1) is 0 Å². The Hall–Kier alpha value is -0.0157. The number of hydrogen-bond acceptors (Lipinski definition) is 0. The van der Waals surface area contributed by atoms with Crippen LogP contribution in [0.25, 0.3) is 10.6 Å². The van der Waals surface area contributed by atoms with E-state index in [2.05, 4.69) is 42.7 Å². The SMILES string of the molecule is C[N-]C.C[N-]C.Cc1ccc(C)[cH-]1.[Ti+3]. The maximum atomic E-state index is 3.50. The molecular weight excluding hydrogens is 208 g/mol. The molecule has 1 radical (unpaired) electrons. The summed E-state index contributed by atoms with van der Waals surface area (Å²) in [6, 6.07) is 6.41. The summed E-state index contributed by atoms with van der Waals surface area (Å²) in [5.74, 6) is 0. The zero-order valence-corrected chi connectivity index (χ0v) is 11.7. The fraction of sp³-hybridized carbons (Fsp3) is 0.545. The van der Waals surface area contributed by atoms with Crippen LogP contribution in [0.2, 0.25) is 0 Å². The van der Waals surface area contributed by atoms with Gasteiger partial charge >= 0.3 is 21.7 Å². The quantitative estimate of drug-likeness (QED) is 0.482. The molecule has 1 aromatic rings. The molecule has 1 rings (SSSR count). The van der Waals surface area contributed by atoms with Crippen LogP contribution in [-0.4, -0.2) is 28.2 Å². The van der Waals surface area contributed by atoms with Crippen molar-refractivity contribution in [1.29, 1.82) is 0 Å². The Balaban J connectivity index is -0.000000150. The summed E-state index contributed by atoms with van der Waals surface area (Å²) >= 11 is 0. The minimum absolute atomic E-state index is 0. The number of nitrogens with zero attached hydrogens (tertiary/aromatic N) is 2. The minimum Gasteiger partial charge on any atom is -0.668 e. The monoisotopic (exact) mass is 229 g/mol. The average Bonchev–Trinajstić information content (AvgIpc) is 2.38. The molecule has 0 aliphatic rings. The van der Waals surface area contributed by atoms with Crippen molar-refractivity contribution in [2.24, 2.45) is 0 Å². The summed E-state index contributed by atoms with van der Waals surface area (Å²) in [7, 11) is 7.00. The molecule has 0 aromatic heterocycles. The Bertz CT molecular complexity index is 167. The predicted octanol–water partition coefficient (Wildman–Crippen LogP) is 3.26. The summed E-state index contributed by atoms with van der Waals surface area (Å²) in [6.07, 6.45) is 0. The van der Waals surface area contributed by atoms with E-state index in [1.165, 1.54) is 11.1 Å². The Morgan fingerprint density at radius 1 is 0.857 bits per heavy atom. The molecule has 0 bridgehead atoms. The molecule has 3 heteroatoms. The van der Waals surface area contributed by atoms with Crippen molar-refractivity contribution in [1.82, 2.24) is 0 Å². The molecule has 0 unspecified atom stereocenters. The van der Waals surface area contributed by atoms with Crippen LogP contribution in [0, 0.1) is 13.8 Å². The van der Waals surface area contributed by atoms with Gasteiger partial charge in [-0.2, -0.15) is 45.4 Å². The largest absolute Gasteiger partial charge is 3.00 e. The first kappa shape index (κ1) is 19.5. The second kappa shape index (κ2) is 15.5. The first-order chi connectivity index (χ1) is 6.12. The van der Waals surface area contributed by atoms with E-state index >= 15 is 0 Å². The van der Waals surface area contributed by atoms with Gasteiger partial charge in [0.05, 0.1) is 0 Å². The molecule has 0 N–H and O–H groups in total. The fourth-order valence-corrected chi connectivity index (χ4v) is 0.718. The van der Waals surface area contributed by atoms with Crippen LogP contribution in [0.5, 0.6) is 0 Å². The van der Waals surface area contributed by atoms with E-state index in [-0.39, 0.29) is 21.7 Å². The third-order valence-corrected chi connectivity index (χ3v) is 1.06. The molecule has 0 spiro atoms. The van der Waals surface area contributed by atoms with Crippen LogP contribution in [0.3, 0.4) is 0 Å². The Kier molecular flexibility index (Phi) is 21.6. The third-order valence-electron chi connectivity index (χ3n) is 1.06. The fourth-order valence-electron chi connectivity index (χ4n) is 0.718.